The Hall–Kier alpha value is -0.550. The maximum Gasteiger partial charge on any atom is 0.389 e. The van der Waals surface area contributed by atoms with E-state index >= 15 is 0 Å². The molecule has 0 amide bonds. The Morgan fingerprint density at radius 1 is 1.17 bits per heavy atom. The van der Waals surface area contributed by atoms with E-state index in [1.807, 2.05) is 6.07 Å². The van der Waals surface area contributed by atoms with E-state index in [0.717, 1.165) is 0 Å². The molecular formula is C13H20F3NS. The maximum absolute atomic E-state index is 11.9. The molecule has 0 unspecified atom stereocenters. The van der Waals surface area contributed by atoms with Gasteiger partial charge in [0.15, 0.2) is 0 Å². The summed E-state index contributed by atoms with van der Waals surface area (Å²) in [6.45, 7) is 7.51. The molecule has 0 aliphatic carbocycles. The standard InChI is InChI=1S/C13H20F3NS/c1-12(2,3)11-6-5-10(18-11)9-17-8-4-7-13(14,15)16/h5-6,17H,4,7-9H2,1-3H3. The number of thiophene rings is 1. The van der Waals surface area contributed by atoms with Gasteiger partial charge < -0.3 is 5.32 Å². The Bertz CT molecular complexity index is 363. The largest absolute Gasteiger partial charge is 0.389 e. The third-order valence-corrected chi connectivity index (χ3v) is 4.02. The summed E-state index contributed by atoms with van der Waals surface area (Å²) >= 11 is 1.72. The van der Waals surface area contributed by atoms with Crippen LogP contribution in [0.2, 0.25) is 0 Å². The van der Waals surface area contributed by atoms with Gasteiger partial charge >= 0.3 is 6.18 Å². The van der Waals surface area contributed by atoms with Crippen LogP contribution in [0.1, 0.15) is 43.4 Å². The van der Waals surface area contributed by atoms with Gasteiger partial charge in [-0.05, 0) is 30.5 Å². The first-order valence-corrected chi connectivity index (χ1v) is 6.87. The van der Waals surface area contributed by atoms with Gasteiger partial charge in [0.2, 0.25) is 0 Å². The molecule has 1 aromatic heterocycles. The molecule has 1 rings (SSSR count). The Labute approximate surface area is 110 Å². The van der Waals surface area contributed by atoms with Crippen molar-refractivity contribution in [1.29, 1.82) is 0 Å². The molecule has 0 radical (unpaired) electrons. The van der Waals surface area contributed by atoms with Crippen LogP contribution in [0.25, 0.3) is 0 Å². The van der Waals surface area contributed by atoms with Crippen LogP contribution in [-0.2, 0) is 12.0 Å². The average molecular weight is 279 g/mol. The molecule has 0 aliphatic rings. The molecule has 0 saturated heterocycles. The Balaban J connectivity index is 2.26. The summed E-state index contributed by atoms with van der Waals surface area (Å²) in [4.78, 5) is 2.47. The first-order valence-electron chi connectivity index (χ1n) is 6.05. The van der Waals surface area contributed by atoms with Crippen molar-refractivity contribution in [3.05, 3.63) is 21.9 Å². The Morgan fingerprint density at radius 2 is 1.83 bits per heavy atom. The van der Waals surface area contributed by atoms with Crippen LogP contribution in [0.15, 0.2) is 12.1 Å². The van der Waals surface area contributed by atoms with E-state index in [1.165, 1.54) is 9.75 Å². The van der Waals surface area contributed by atoms with E-state index < -0.39 is 12.6 Å². The Kier molecular flexibility index (Phi) is 5.22. The minimum Gasteiger partial charge on any atom is -0.312 e. The zero-order valence-electron chi connectivity index (χ0n) is 11.0. The number of nitrogens with one attached hydrogen (secondary N) is 1. The zero-order chi connectivity index (χ0) is 13.8. The van der Waals surface area contributed by atoms with E-state index in [-0.39, 0.29) is 11.8 Å². The van der Waals surface area contributed by atoms with Crippen molar-refractivity contribution in [2.75, 3.05) is 6.54 Å². The number of hydrogen-bond donors (Lipinski definition) is 1. The normalized spacial score (nSPS) is 13.0. The molecular weight excluding hydrogens is 259 g/mol. The molecule has 0 saturated carbocycles. The molecule has 104 valence electrons. The topological polar surface area (TPSA) is 12.0 Å². The molecule has 0 atom stereocenters. The lowest BCUT2D eigenvalue weighted by atomic mass is 9.95. The lowest BCUT2D eigenvalue weighted by Gasteiger charge is -2.15. The molecule has 0 spiro atoms. The second-order valence-corrected chi connectivity index (χ2v) is 6.58. The minimum absolute atomic E-state index is 0.138. The van der Waals surface area contributed by atoms with Gasteiger partial charge in [0.1, 0.15) is 0 Å². The zero-order valence-corrected chi connectivity index (χ0v) is 11.8. The summed E-state index contributed by atoms with van der Waals surface area (Å²) in [5, 5.41) is 3.05. The highest BCUT2D eigenvalue weighted by Gasteiger charge is 2.25. The molecule has 5 heteroatoms. The molecule has 18 heavy (non-hydrogen) atoms. The predicted molar refractivity (Wildman–Crippen MR) is 70.0 cm³/mol. The summed E-state index contributed by atoms with van der Waals surface area (Å²) < 4.78 is 35.7. The maximum atomic E-state index is 11.9. The van der Waals surface area contributed by atoms with Crippen molar-refractivity contribution >= 4 is 11.3 Å². The van der Waals surface area contributed by atoms with Crippen LogP contribution in [0.3, 0.4) is 0 Å². The fourth-order valence-corrected chi connectivity index (χ4v) is 2.54. The Morgan fingerprint density at radius 3 is 2.33 bits per heavy atom. The van der Waals surface area contributed by atoms with Crippen molar-refractivity contribution in [3.63, 3.8) is 0 Å². The van der Waals surface area contributed by atoms with Gasteiger partial charge in [0, 0.05) is 22.7 Å². The van der Waals surface area contributed by atoms with Crippen molar-refractivity contribution in [1.82, 2.24) is 5.32 Å². The second-order valence-electron chi connectivity index (χ2n) is 5.41. The lowest BCUT2D eigenvalue weighted by Crippen LogP contribution is -2.17. The third kappa shape index (κ3) is 5.87. The van der Waals surface area contributed by atoms with Crippen LogP contribution < -0.4 is 5.32 Å². The van der Waals surface area contributed by atoms with Crippen LogP contribution in [0.5, 0.6) is 0 Å². The van der Waals surface area contributed by atoms with E-state index in [2.05, 4.69) is 32.2 Å². The molecule has 1 nitrogen and oxygen atoms in total. The van der Waals surface area contributed by atoms with Crippen LogP contribution in [0.4, 0.5) is 13.2 Å². The van der Waals surface area contributed by atoms with Crippen molar-refractivity contribution < 1.29 is 13.2 Å². The monoisotopic (exact) mass is 279 g/mol. The molecule has 1 aromatic rings. The average Bonchev–Trinajstić information content (AvgIpc) is 2.63. The fraction of sp³-hybridized carbons (Fsp3) is 0.692. The number of alkyl halides is 3. The number of rotatable bonds is 5. The molecule has 0 aromatic carbocycles. The predicted octanol–water partition coefficient (Wildman–Crippen LogP) is 4.48. The molecule has 0 bridgehead atoms. The summed E-state index contributed by atoms with van der Waals surface area (Å²) in [5.41, 5.74) is 0.138. The van der Waals surface area contributed by atoms with Crippen molar-refractivity contribution in [3.8, 4) is 0 Å². The number of halogens is 3. The second kappa shape index (κ2) is 6.06. The van der Waals surface area contributed by atoms with Crippen LogP contribution in [0, 0.1) is 0 Å². The highest BCUT2D eigenvalue weighted by molar-refractivity contribution is 7.12. The SMILES string of the molecule is CC(C)(C)c1ccc(CNCCCC(F)(F)F)s1. The van der Waals surface area contributed by atoms with E-state index in [4.69, 9.17) is 0 Å². The van der Waals surface area contributed by atoms with Gasteiger partial charge in [-0.15, -0.1) is 11.3 Å². The minimum atomic E-state index is -4.04. The van der Waals surface area contributed by atoms with Gasteiger partial charge in [0.05, 0.1) is 0 Å². The van der Waals surface area contributed by atoms with Gasteiger partial charge in [-0.1, -0.05) is 20.8 Å². The summed E-state index contributed by atoms with van der Waals surface area (Å²) in [6, 6.07) is 4.14. The molecule has 1 heterocycles. The van der Waals surface area contributed by atoms with E-state index in [9.17, 15) is 13.2 Å². The summed E-state index contributed by atoms with van der Waals surface area (Å²) in [5.74, 6) is 0. The number of hydrogen-bond acceptors (Lipinski definition) is 2. The van der Waals surface area contributed by atoms with Gasteiger partial charge in [-0.2, -0.15) is 13.2 Å². The van der Waals surface area contributed by atoms with Crippen LogP contribution in [-0.4, -0.2) is 12.7 Å². The van der Waals surface area contributed by atoms with E-state index in [1.54, 1.807) is 11.3 Å². The molecule has 0 aliphatic heterocycles. The summed E-state index contributed by atoms with van der Waals surface area (Å²) in [6.07, 6.45) is -4.61. The first-order chi connectivity index (χ1) is 8.18. The summed E-state index contributed by atoms with van der Waals surface area (Å²) in [7, 11) is 0. The highest BCUT2D eigenvalue weighted by Crippen LogP contribution is 2.29. The quantitative estimate of drug-likeness (QED) is 0.784. The smallest absolute Gasteiger partial charge is 0.312 e. The van der Waals surface area contributed by atoms with E-state index in [0.29, 0.717) is 13.1 Å². The molecule has 0 fully saturated rings. The van der Waals surface area contributed by atoms with Gasteiger partial charge in [-0.3, -0.25) is 0 Å². The van der Waals surface area contributed by atoms with Crippen LogP contribution >= 0.6 is 11.3 Å². The van der Waals surface area contributed by atoms with Gasteiger partial charge in [-0.25, -0.2) is 0 Å². The van der Waals surface area contributed by atoms with Crippen molar-refractivity contribution in [2.24, 2.45) is 0 Å². The lowest BCUT2D eigenvalue weighted by molar-refractivity contribution is -0.135. The van der Waals surface area contributed by atoms with Gasteiger partial charge in [0.25, 0.3) is 0 Å². The first kappa shape index (κ1) is 15.5. The highest BCUT2D eigenvalue weighted by atomic mass is 32.1. The van der Waals surface area contributed by atoms with Crippen molar-refractivity contribution in [2.45, 2.75) is 51.7 Å². The fourth-order valence-electron chi connectivity index (χ4n) is 1.50. The third-order valence-electron chi connectivity index (χ3n) is 2.51. The molecule has 1 N–H and O–H groups in total.